The van der Waals surface area contributed by atoms with Gasteiger partial charge in [0.05, 0.1) is 0 Å². The van der Waals surface area contributed by atoms with Crippen LogP contribution in [0.25, 0.3) is 0 Å². The molecule has 2 N–H and O–H groups in total. The van der Waals surface area contributed by atoms with Gasteiger partial charge in [0.1, 0.15) is 11.4 Å². The predicted octanol–water partition coefficient (Wildman–Crippen LogP) is 3.10. The van der Waals surface area contributed by atoms with Crippen molar-refractivity contribution < 1.29 is 14.7 Å². The molecule has 2 aromatic rings. The van der Waals surface area contributed by atoms with Crippen LogP contribution in [-0.2, 0) is 0 Å². The maximum atomic E-state index is 12.0. The van der Waals surface area contributed by atoms with Gasteiger partial charge in [-0.25, -0.2) is 9.78 Å². The van der Waals surface area contributed by atoms with E-state index in [1.807, 2.05) is 19.1 Å². The molecule has 2 rings (SSSR count). The predicted molar refractivity (Wildman–Crippen MR) is 78.0 cm³/mol. The number of carboxylic acid groups (broad SMARTS) is 1. The number of benzene rings is 1. The van der Waals surface area contributed by atoms with Crippen LogP contribution in [0.5, 0.6) is 0 Å². The number of nitrogens with zero attached hydrogens (tertiary/aromatic N) is 1. The Morgan fingerprint density at radius 2 is 1.90 bits per heavy atom. The lowest BCUT2D eigenvalue weighted by atomic mass is 10.2. The number of aryl methyl sites for hydroxylation is 1. The van der Waals surface area contributed by atoms with Gasteiger partial charge in [0.2, 0.25) is 0 Å². The summed E-state index contributed by atoms with van der Waals surface area (Å²) in [6.45, 7) is 1.91. The highest BCUT2D eigenvalue weighted by Gasteiger charge is 2.11. The first-order chi connectivity index (χ1) is 9.47. The Balaban J connectivity index is 2.21. The second kappa shape index (κ2) is 5.83. The number of carboxylic acids is 1. The van der Waals surface area contributed by atoms with Crippen LogP contribution in [0.1, 0.15) is 26.5 Å². The summed E-state index contributed by atoms with van der Waals surface area (Å²) in [4.78, 5) is 26.6. The van der Waals surface area contributed by atoms with Crippen LogP contribution in [-0.4, -0.2) is 22.0 Å². The number of aromatic nitrogens is 1. The summed E-state index contributed by atoms with van der Waals surface area (Å²) in [5, 5.41) is 11.5. The molecule has 0 aliphatic carbocycles. The number of aromatic carboxylic acids is 1. The summed E-state index contributed by atoms with van der Waals surface area (Å²) in [5.41, 5.74) is 1.50. The minimum absolute atomic E-state index is 0.0606. The maximum Gasteiger partial charge on any atom is 0.354 e. The van der Waals surface area contributed by atoms with Crippen LogP contribution in [0.2, 0.25) is 0 Å². The van der Waals surface area contributed by atoms with E-state index in [-0.39, 0.29) is 11.4 Å². The second-order valence-corrected chi connectivity index (χ2v) is 4.99. The molecule has 1 heterocycles. The number of halogens is 1. The SMILES string of the molecule is Cc1cc(NC(=O)c2cccc(C(=O)O)n2)ccc1Br. The molecule has 5 nitrogen and oxygen atoms in total. The highest BCUT2D eigenvalue weighted by Crippen LogP contribution is 2.20. The fourth-order valence-corrected chi connectivity index (χ4v) is 1.84. The largest absolute Gasteiger partial charge is 0.477 e. The molecule has 1 aromatic carbocycles. The lowest BCUT2D eigenvalue weighted by Gasteiger charge is -2.07. The quantitative estimate of drug-likeness (QED) is 0.903. The van der Waals surface area contributed by atoms with E-state index in [0.29, 0.717) is 5.69 Å². The molecule has 0 aliphatic rings. The monoisotopic (exact) mass is 334 g/mol. The van der Waals surface area contributed by atoms with Gasteiger partial charge in [-0.05, 0) is 42.8 Å². The van der Waals surface area contributed by atoms with Crippen LogP contribution in [0, 0.1) is 6.92 Å². The van der Waals surface area contributed by atoms with E-state index in [1.165, 1.54) is 18.2 Å². The minimum Gasteiger partial charge on any atom is -0.477 e. The number of amides is 1. The second-order valence-electron chi connectivity index (χ2n) is 4.13. The maximum absolute atomic E-state index is 12.0. The first kappa shape index (κ1) is 14.2. The first-order valence-electron chi connectivity index (χ1n) is 5.75. The summed E-state index contributed by atoms with van der Waals surface area (Å²) in [7, 11) is 0. The van der Waals surface area contributed by atoms with Crippen molar-refractivity contribution in [2.45, 2.75) is 6.92 Å². The Bertz CT molecular complexity index is 686. The number of carbonyl (C=O) groups is 2. The summed E-state index contributed by atoms with van der Waals surface area (Å²) < 4.78 is 0.946. The molecular formula is C14H11BrN2O3. The van der Waals surface area contributed by atoms with Gasteiger partial charge in [-0.15, -0.1) is 0 Å². The summed E-state index contributed by atoms with van der Waals surface area (Å²) >= 11 is 3.38. The van der Waals surface area contributed by atoms with Gasteiger partial charge in [-0.3, -0.25) is 4.79 Å². The van der Waals surface area contributed by atoms with Crippen molar-refractivity contribution in [2.75, 3.05) is 5.32 Å². The number of hydrogen-bond donors (Lipinski definition) is 2. The Labute approximate surface area is 123 Å². The van der Waals surface area contributed by atoms with E-state index < -0.39 is 11.9 Å². The van der Waals surface area contributed by atoms with Crippen molar-refractivity contribution in [3.05, 3.63) is 57.8 Å². The molecule has 6 heteroatoms. The molecule has 0 spiro atoms. The average Bonchev–Trinajstić information content (AvgIpc) is 2.43. The molecule has 20 heavy (non-hydrogen) atoms. The highest BCUT2D eigenvalue weighted by atomic mass is 79.9. The highest BCUT2D eigenvalue weighted by molar-refractivity contribution is 9.10. The molecule has 0 atom stereocenters. The Kier molecular flexibility index (Phi) is 4.14. The number of pyridine rings is 1. The number of anilines is 1. The standard InChI is InChI=1S/C14H11BrN2O3/c1-8-7-9(5-6-10(8)15)16-13(18)11-3-2-4-12(17-11)14(19)20/h2-7H,1H3,(H,16,18)(H,19,20). The molecule has 0 saturated carbocycles. The molecule has 1 amide bonds. The van der Waals surface area contributed by atoms with Crippen LogP contribution < -0.4 is 5.32 Å². The van der Waals surface area contributed by atoms with Crippen LogP contribution in [0.4, 0.5) is 5.69 Å². The van der Waals surface area contributed by atoms with Gasteiger partial charge in [0.25, 0.3) is 5.91 Å². The zero-order valence-corrected chi connectivity index (χ0v) is 12.1. The van der Waals surface area contributed by atoms with Crippen molar-refractivity contribution in [1.82, 2.24) is 4.98 Å². The fourth-order valence-electron chi connectivity index (χ4n) is 1.60. The van der Waals surface area contributed by atoms with E-state index in [0.717, 1.165) is 10.0 Å². The Hall–Kier alpha value is -2.21. The molecule has 0 unspecified atom stereocenters. The molecule has 0 bridgehead atoms. The molecular weight excluding hydrogens is 324 g/mol. The summed E-state index contributed by atoms with van der Waals surface area (Å²) in [6.07, 6.45) is 0. The smallest absolute Gasteiger partial charge is 0.354 e. The first-order valence-corrected chi connectivity index (χ1v) is 6.54. The zero-order valence-electron chi connectivity index (χ0n) is 10.6. The Morgan fingerprint density at radius 1 is 1.20 bits per heavy atom. The zero-order chi connectivity index (χ0) is 14.7. The van der Waals surface area contributed by atoms with Crippen LogP contribution >= 0.6 is 15.9 Å². The lowest BCUT2D eigenvalue weighted by molar-refractivity contribution is 0.0690. The van der Waals surface area contributed by atoms with Gasteiger partial charge in [-0.2, -0.15) is 0 Å². The number of rotatable bonds is 3. The van der Waals surface area contributed by atoms with E-state index >= 15 is 0 Å². The van der Waals surface area contributed by atoms with Gasteiger partial charge < -0.3 is 10.4 Å². The molecule has 1 aromatic heterocycles. The van der Waals surface area contributed by atoms with Gasteiger partial charge in [-0.1, -0.05) is 22.0 Å². The van der Waals surface area contributed by atoms with E-state index in [9.17, 15) is 9.59 Å². The number of hydrogen-bond acceptors (Lipinski definition) is 3. The molecule has 102 valence electrons. The number of nitrogens with one attached hydrogen (secondary N) is 1. The average molecular weight is 335 g/mol. The topological polar surface area (TPSA) is 79.3 Å². The lowest BCUT2D eigenvalue weighted by Crippen LogP contribution is -2.15. The van der Waals surface area contributed by atoms with Gasteiger partial charge in [0, 0.05) is 10.2 Å². The van der Waals surface area contributed by atoms with E-state index in [2.05, 4.69) is 26.2 Å². The van der Waals surface area contributed by atoms with Crippen molar-refractivity contribution in [1.29, 1.82) is 0 Å². The number of carbonyl (C=O) groups excluding carboxylic acids is 1. The minimum atomic E-state index is -1.17. The molecule has 0 fully saturated rings. The van der Waals surface area contributed by atoms with Gasteiger partial charge in [0.15, 0.2) is 0 Å². The molecule has 0 radical (unpaired) electrons. The van der Waals surface area contributed by atoms with Crippen molar-refractivity contribution >= 4 is 33.5 Å². The van der Waals surface area contributed by atoms with Gasteiger partial charge >= 0.3 is 5.97 Å². The van der Waals surface area contributed by atoms with Crippen molar-refractivity contribution in [2.24, 2.45) is 0 Å². The molecule has 0 saturated heterocycles. The van der Waals surface area contributed by atoms with Crippen molar-refractivity contribution in [3.8, 4) is 0 Å². The summed E-state index contributed by atoms with van der Waals surface area (Å²) in [5.74, 6) is -1.62. The normalized spacial score (nSPS) is 10.1. The third-order valence-electron chi connectivity index (χ3n) is 2.62. The summed E-state index contributed by atoms with van der Waals surface area (Å²) in [6, 6.07) is 9.67. The van der Waals surface area contributed by atoms with Crippen LogP contribution in [0.15, 0.2) is 40.9 Å². The third kappa shape index (κ3) is 3.21. The molecule has 0 aliphatic heterocycles. The van der Waals surface area contributed by atoms with E-state index in [4.69, 9.17) is 5.11 Å². The van der Waals surface area contributed by atoms with E-state index in [1.54, 1.807) is 6.07 Å². The Morgan fingerprint density at radius 3 is 2.55 bits per heavy atom. The third-order valence-corrected chi connectivity index (χ3v) is 3.51. The van der Waals surface area contributed by atoms with Crippen molar-refractivity contribution in [3.63, 3.8) is 0 Å². The fraction of sp³-hybridized carbons (Fsp3) is 0.0714. The van der Waals surface area contributed by atoms with Crippen LogP contribution in [0.3, 0.4) is 0 Å².